The molecule has 0 spiro atoms. The predicted molar refractivity (Wildman–Crippen MR) is 81.2 cm³/mol. The van der Waals surface area contributed by atoms with Crippen molar-refractivity contribution in [3.8, 4) is 11.5 Å². The molecule has 1 aliphatic carbocycles. The second kappa shape index (κ2) is 7.64. The van der Waals surface area contributed by atoms with Crippen molar-refractivity contribution >= 4 is 0 Å². The van der Waals surface area contributed by atoms with E-state index in [0.29, 0.717) is 19.3 Å². The minimum absolute atomic E-state index is 0.0379. The lowest BCUT2D eigenvalue weighted by molar-refractivity contribution is -0.114. The van der Waals surface area contributed by atoms with Crippen molar-refractivity contribution in [3.05, 3.63) is 23.8 Å². The van der Waals surface area contributed by atoms with Gasteiger partial charge in [-0.2, -0.15) is 0 Å². The average molecular weight is 295 g/mol. The summed E-state index contributed by atoms with van der Waals surface area (Å²) >= 11 is 0. The molecule has 0 radical (unpaired) electrons. The number of methoxy groups -OCH3 is 2. The van der Waals surface area contributed by atoms with E-state index in [1.165, 1.54) is 0 Å². The first-order chi connectivity index (χ1) is 10.2. The zero-order valence-corrected chi connectivity index (χ0v) is 13.2. The van der Waals surface area contributed by atoms with Crippen LogP contribution in [-0.4, -0.2) is 52.7 Å². The van der Waals surface area contributed by atoms with Crippen LogP contribution in [-0.2, 0) is 9.47 Å². The van der Waals surface area contributed by atoms with Gasteiger partial charge >= 0.3 is 0 Å². The molecular weight excluding hydrogens is 270 g/mol. The summed E-state index contributed by atoms with van der Waals surface area (Å²) in [6.07, 6.45) is 0.998. The average Bonchev–Trinajstić information content (AvgIpc) is 2.48. The van der Waals surface area contributed by atoms with Gasteiger partial charge in [-0.1, -0.05) is 6.07 Å². The Kier molecular flexibility index (Phi) is 5.85. The van der Waals surface area contributed by atoms with Crippen molar-refractivity contribution in [2.75, 3.05) is 34.5 Å². The second-order valence-corrected chi connectivity index (χ2v) is 5.27. The maximum Gasteiger partial charge on any atom is 0.161 e. The van der Waals surface area contributed by atoms with Crippen molar-refractivity contribution in [1.82, 2.24) is 5.32 Å². The highest BCUT2D eigenvalue weighted by Crippen LogP contribution is 2.34. The molecule has 5 nitrogen and oxygen atoms in total. The summed E-state index contributed by atoms with van der Waals surface area (Å²) in [6.45, 7) is 3.20. The van der Waals surface area contributed by atoms with Crippen LogP contribution in [0.4, 0.5) is 0 Å². The maximum atomic E-state index is 6.07. The number of aryl methyl sites for hydroxylation is 1. The van der Waals surface area contributed by atoms with Crippen LogP contribution in [0.25, 0.3) is 0 Å². The molecule has 0 heterocycles. The molecule has 1 fully saturated rings. The topological polar surface area (TPSA) is 49.0 Å². The molecule has 1 aliphatic rings. The summed E-state index contributed by atoms with van der Waals surface area (Å²) in [4.78, 5) is 0. The van der Waals surface area contributed by atoms with Gasteiger partial charge in [0.05, 0.1) is 20.3 Å². The van der Waals surface area contributed by atoms with Crippen LogP contribution < -0.4 is 14.8 Å². The Labute approximate surface area is 126 Å². The number of likely N-dealkylation sites (N-methyl/N-ethyl adjacent to an activating group) is 1. The molecule has 2 rings (SSSR count). The fourth-order valence-electron chi connectivity index (χ4n) is 2.51. The first-order valence-electron chi connectivity index (χ1n) is 7.28. The Bertz CT molecular complexity index is 452. The number of benzene rings is 1. The molecule has 1 saturated carbocycles. The van der Waals surface area contributed by atoms with Gasteiger partial charge in [0.15, 0.2) is 11.5 Å². The van der Waals surface area contributed by atoms with Gasteiger partial charge in [-0.05, 0) is 31.7 Å². The number of ether oxygens (including phenoxy) is 4. The standard InChI is InChI=1S/C16H25NO4/c1-11-5-6-13(14(9-11)19-4)21-15-10-12(17-2)16(15)20-8-7-18-3/h5-6,9,12,15-17H,7-8,10H2,1-4H3. The fraction of sp³-hybridized carbons (Fsp3) is 0.625. The van der Waals surface area contributed by atoms with Crippen molar-refractivity contribution in [2.45, 2.75) is 31.6 Å². The lowest BCUT2D eigenvalue weighted by atomic mass is 9.85. The second-order valence-electron chi connectivity index (χ2n) is 5.27. The van der Waals surface area contributed by atoms with E-state index in [4.69, 9.17) is 18.9 Å². The van der Waals surface area contributed by atoms with E-state index < -0.39 is 0 Å². The number of hydrogen-bond donors (Lipinski definition) is 1. The van der Waals surface area contributed by atoms with Crippen LogP contribution in [0.3, 0.4) is 0 Å². The van der Waals surface area contributed by atoms with Crippen LogP contribution in [0.5, 0.6) is 11.5 Å². The molecule has 0 amide bonds. The Hall–Kier alpha value is -1.30. The number of rotatable bonds is 8. The largest absolute Gasteiger partial charge is 0.493 e. The first-order valence-corrected chi connectivity index (χ1v) is 7.28. The third-order valence-electron chi connectivity index (χ3n) is 3.82. The van der Waals surface area contributed by atoms with E-state index in [-0.39, 0.29) is 12.2 Å². The lowest BCUT2D eigenvalue weighted by Gasteiger charge is -2.43. The van der Waals surface area contributed by atoms with Crippen molar-refractivity contribution < 1.29 is 18.9 Å². The summed E-state index contributed by atoms with van der Waals surface area (Å²) in [6, 6.07) is 6.27. The molecule has 1 N–H and O–H groups in total. The monoisotopic (exact) mass is 295 g/mol. The van der Waals surface area contributed by atoms with E-state index in [1.807, 2.05) is 32.2 Å². The van der Waals surface area contributed by atoms with Gasteiger partial charge in [0.2, 0.25) is 0 Å². The van der Waals surface area contributed by atoms with E-state index in [1.54, 1.807) is 14.2 Å². The van der Waals surface area contributed by atoms with Crippen LogP contribution in [0.15, 0.2) is 18.2 Å². The molecule has 3 atom stereocenters. The van der Waals surface area contributed by atoms with E-state index in [9.17, 15) is 0 Å². The third kappa shape index (κ3) is 3.87. The third-order valence-corrected chi connectivity index (χ3v) is 3.82. The highest BCUT2D eigenvalue weighted by Gasteiger charge is 2.43. The van der Waals surface area contributed by atoms with E-state index in [0.717, 1.165) is 23.5 Å². The van der Waals surface area contributed by atoms with Gasteiger partial charge in [0.1, 0.15) is 12.2 Å². The molecule has 5 heteroatoms. The highest BCUT2D eigenvalue weighted by atomic mass is 16.6. The van der Waals surface area contributed by atoms with Gasteiger partial charge in [-0.15, -0.1) is 0 Å². The van der Waals surface area contributed by atoms with Gasteiger partial charge in [-0.25, -0.2) is 0 Å². The molecule has 118 valence electrons. The minimum Gasteiger partial charge on any atom is -0.493 e. The smallest absolute Gasteiger partial charge is 0.161 e. The maximum absolute atomic E-state index is 6.07. The van der Waals surface area contributed by atoms with Crippen LogP contribution in [0.1, 0.15) is 12.0 Å². The molecule has 0 aliphatic heterocycles. The van der Waals surface area contributed by atoms with Crippen molar-refractivity contribution in [1.29, 1.82) is 0 Å². The van der Waals surface area contributed by atoms with Crippen LogP contribution in [0, 0.1) is 6.92 Å². The molecule has 0 aromatic heterocycles. The predicted octanol–water partition coefficient (Wildman–Crippen LogP) is 1.77. The SMILES string of the molecule is CNC1CC(Oc2ccc(C)cc2OC)C1OCCOC. The van der Waals surface area contributed by atoms with E-state index in [2.05, 4.69) is 5.32 Å². The lowest BCUT2D eigenvalue weighted by Crippen LogP contribution is -2.60. The van der Waals surface area contributed by atoms with Crippen LogP contribution in [0.2, 0.25) is 0 Å². The molecule has 21 heavy (non-hydrogen) atoms. The zero-order valence-electron chi connectivity index (χ0n) is 13.2. The normalized spacial score (nSPS) is 24.5. The first kappa shape index (κ1) is 16.1. The summed E-state index contributed by atoms with van der Waals surface area (Å²) in [5.74, 6) is 1.53. The van der Waals surface area contributed by atoms with Crippen molar-refractivity contribution in [2.24, 2.45) is 0 Å². The summed E-state index contributed by atoms with van der Waals surface area (Å²) in [5, 5.41) is 3.25. The Morgan fingerprint density at radius 3 is 2.67 bits per heavy atom. The number of hydrogen-bond acceptors (Lipinski definition) is 5. The minimum atomic E-state index is 0.0379. The van der Waals surface area contributed by atoms with Gasteiger partial charge in [0.25, 0.3) is 0 Å². The fourth-order valence-corrected chi connectivity index (χ4v) is 2.51. The molecule has 3 unspecified atom stereocenters. The molecular formula is C16H25NO4. The molecule has 1 aromatic rings. The Morgan fingerprint density at radius 2 is 2.00 bits per heavy atom. The summed E-state index contributed by atoms with van der Waals surface area (Å²) in [5.41, 5.74) is 1.15. The summed E-state index contributed by atoms with van der Waals surface area (Å²) in [7, 11) is 5.27. The molecule has 0 saturated heterocycles. The zero-order chi connectivity index (χ0) is 15.2. The van der Waals surface area contributed by atoms with Crippen molar-refractivity contribution in [3.63, 3.8) is 0 Å². The Morgan fingerprint density at radius 1 is 1.19 bits per heavy atom. The summed E-state index contributed by atoms with van der Waals surface area (Å²) < 4.78 is 22.3. The molecule has 0 bridgehead atoms. The Balaban J connectivity index is 1.98. The number of nitrogens with one attached hydrogen (secondary N) is 1. The highest BCUT2D eigenvalue weighted by molar-refractivity contribution is 5.42. The molecule has 1 aromatic carbocycles. The quantitative estimate of drug-likeness (QED) is 0.741. The van der Waals surface area contributed by atoms with Crippen LogP contribution >= 0.6 is 0 Å². The van der Waals surface area contributed by atoms with Gasteiger partial charge in [-0.3, -0.25) is 0 Å². The van der Waals surface area contributed by atoms with Gasteiger partial charge in [0, 0.05) is 19.6 Å². The van der Waals surface area contributed by atoms with Gasteiger partial charge < -0.3 is 24.3 Å². The van der Waals surface area contributed by atoms with E-state index >= 15 is 0 Å².